The van der Waals surface area contributed by atoms with E-state index < -0.39 is 37.0 Å². The molecular weight excluding hydrogens is 919 g/mol. The van der Waals surface area contributed by atoms with Crippen LogP contribution in [0.2, 0.25) is 0 Å². The highest BCUT2D eigenvalue weighted by Crippen LogP contribution is 2.39. The molecule has 0 fully saturated rings. The molecule has 0 bridgehead atoms. The lowest BCUT2D eigenvalue weighted by atomic mass is 10.0. The van der Waals surface area contributed by atoms with Crippen molar-refractivity contribution in [3.8, 4) is 51.5 Å². The van der Waals surface area contributed by atoms with Gasteiger partial charge < -0.3 is 4.74 Å². The Labute approximate surface area is 442 Å². The molecule has 0 N–H and O–H groups in total. The fraction of sp³-hybridized carbons (Fsp3) is 0.0299. The van der Waals surface area contributed by atoms with E-state index in [4.69, 9.17) is 19.3 Å². The van der Waals surface area contributed by atoms with E-state index in [0.29, 0.717) is 22.5 Å². The monoisotopic (exact) mass is 971 g/mol. The van der Waals surface area contributed by atoms with E-state index in [2.05, 4.69) is 146 Å². The summed E-state index contributed by atoms with van der Waals surface area (Å²) in [7, 11) is 0. The molecule has 6 aromatic heterocycles. The third kappa shape index (κ3) is 6.80. The molecule has 0 radical (unpaired) electrons. The molecule has 0 amide bonds. The quantitative estimate of drug-likeness (QED) is 0.113. The molecule has 0 spiro atoms. The lowest BCUT2D eigenvalue weighted by Gasteiger charge is -2.15. The number of fused-ring (bicyclic) bond motifs is 10. The van der Waals surface area contributed by atoms with Gasteiger partial charge in [-0.15, -0.1) is 0 Å². The topological polar surface area (TPSA) is 58.6 Å². The van der Waals surface area contributed by atoms with Crippen LogP contribution in [0.25, 0.3) is 116 Å². The van der Waals surface area contributed by atoms with Gasteiger partial charge in [0.15, 0.2) is 0 Å². The van der Waals surface area contributed by atoms with Crippen molar-refractivity contribution in [3.63, 3.8) is 0 Å². The Morgan fingerprint density at radius 2 is 1.00 bits per heavy atom. The molecule has 0 aliphatic rings. The molecule has 0 atom stereocenters. The summed E-state index contributed by atoms with van der Waals surface area (Å²) in [5, 5.41) is 6.00. The van der Waals surface area contributed by atoms with Crippen molar-refractivity contribution in [2.24, 2.45) is 0 Å². The van der Waals surface area contributed by atoms with Gasteiger partial charge in [0.1, 0.15) is 29.0 Å². The number of nitrogens with zero attached hydrogens (tertiary/aromatic N) is 7. The minimum absolute atomic E-state index is 0.192. The average molecular weight is 972 g/mol. The Bertz CT molecular complexity index is 4910. The molecule has 354 valence electrons. The lowest BCUT2D eigenvalue weighted by molar-refractivity contribution is -0.572. The maximum atomic E-state index is 9.36. The number of ether oxygens (including phenoxy) is 1. The van der Waals surface area contributed by atoms with E-state index >= 15 is 0 Å². The van der Waals surface area contributed by atoms with Crippen LogP contribution in [0.3, 0.4) is 0 Å². The number of imidazole rings is 1. The van der Waals surface area contributed by atoms with Crippen molar-refractivity contribution in [3.05, 3.63) is 254 Å². The Balaban J connectivity index is 0.882. The van der Waals surface area contributed by atoms with Crippen LogP contribution in [0.15, 0.2) is 237 Å². The molecule has 15 aromatic rings. The first-order valence-electron chi connectivity index (χ1n) is 28.7. The zero-order valence-corrected chi connectivity index (χ0v) is 39.9. The normalized spacial score (nSPS) is 13.8. The van der Waals surface area contributed by atoms with Gasteiger partial charge in [0.05, 0.1) is 58.2 Å². The van der Waals surface area contributed by atoms with Crippen molar-refractivity contribution in [1.82, 2.24) is 28.2 Å². The van der Waals surface area contributed by atoms with Gasteiger partial charge in [-0.25, -0.2) is 9.97 Å². The van der Waals surface area contributed by atoms with Crippen LogP contribution in [0.4, 0.5) is 0 Å². The highest BCUT2D eigenvalue weighted by molar-refractivity contribution is 6.12. The molecule has 0 saturated heterocycles. The fourth-order valence-electron chi connectivity index (χ4n) is 11.0. The predicted octanol–water partition coefficient (Wildman–Crippen LogP) is 15.9. The highest BCUT2D eigenvalue weighted by atomic mass is 16.5. The Kier molecular flexibility index (Phi) is 7.85. The van der Waals surface area contributed by atoms with Gasteiger partial charge in [0.2, 0.25) is 0 Å². The summed E-state index contributed by atoms with van der Waals surface area (Å²) >= 11 is 0. The smallest absolute Gasteiger partial charge is 0.269 e. The molecule has 0 saturated carbocycles. The Hall–Kier alpha value is -10.1. The summed E-state index contributed by atoms with van der Waals surface area (Å²) in [6.07, 6.45) is 3.00. The second-order valence-corrected chi connectivity index (χ2v) is 18.7. The SMILES string of the molecule is [2H]c1nc(-n2c3ccc(-c4ccccc4)cc3c3ccc(Oc4cccc(-n5[c-][n+](-c6cc(-n7c8ccccc8c8ccccc87)nc(-n7c8ccccc8c8ccccc87)c6)c6ccccc65)c4)cc32)c([2H])c(C([2H])([2H])[2H])c1C([2H])([2H])[2H]. The van der Waals surface area contributed by atoms with Crippen LogP contribution >= 0.6 is 0 Å². The molecule has 8 heteroatoms. The first-order valence-corrected chi connectivity index (χ1v) is 24.7. The van der Waals surface area contributed by atoms with E-state index in [1.165, 1.54) is 0 Å². The lowest BCUT2D eigenvalue weighted by Crippen LogP contribution is -2.30. The second-order valence-electron chi connectivity index (χ2n) is 18.7. The predicted molar refractivity (Wildman–Crippen MR) is 304 cm³/mol. The van der Waals surface area contributed by atoms with Crippen molar-refractivity contribution in [2.45, 2.75) is 13.7 Å². The van der Waals surface area contributed by atoms with Gasteiger partial charge in [0.25, 0.3) is 6.33 Å². The molecule has 75 heavy (non-hydrogen) atoms. The third-order valence-corrected chi connectivity index (χ3v) is 14.4. The number of hydrogen-bond donors (Lipinski definition) is 0. The van der Waals surface area contributed by atoms with Gasteiger partial charge in [0, 0.05) is 52.8 Å². The minimum atomic E-state index is -3.04. The first-order chi connectivity index (χ1) is 40.3. The number of para-hydroxylation sites is 6. The maximum Gasteiger partial charge on any atom is 0.269 e. The standard InChI is InChI=1S/C67H45N7O/c1-43-35-65(68-41-44(43)2)74-61-34-31-46(45-17-4-3-5-18-45)36-56(61)55-33-32-50(40-64(55)74)75-49-20-16-19-47(37-49)70-42-71(63-30-15-14-29-62(63)70)48-38-66(72-57-25-10-6-21-51(57)52-22-7-11-26-58(52)72)69-67(39-48)73-59-27-12-8-23-53(59)54-24-9-13-28-60(54)73/h3-41H,1-2H3/i1D3,2D3,35D,41D. The number of pyridine rings is 2. The number of hydrogen-bond acceptors (Lipinski definition) is 3. The van der Waals surface area contributed by atoms with E-state index in [9.17, 15) is 1.37 Å². The summed E-state index contributed by atoms with van der Waals surface area (Å²) in [5.74, 6) is 2.19. The number of benzene rings is 9. The summed E-state index contributed by atoms with van der Waals surface area (Å²) < 4.78 is 85.0. The molecule has 0 unspecified atom stereocenters. The van der Waals surface area contributed by atoms with E-state index in [1.807, 2.05) is 102 Å². The van der Waals surface area contributed by atoms with Crippen molar-refractivity contribution < 1.29 is 20.3 Å². The Morgan fingerprint density at radius 3 is 1.65 bits per heavy atom. The fourth-order valence-corrected chi connectivity index (χ4v) is 11.0. The van der Waals surface area contributed by atoms with Gasteiger partial charge >= 0.3 is 0 Å². The second kappa shape index (κ2) is 16.8. The summed E-state index contributed by atoms with van der Waals surface area (Å²) in [6, 6.07) is 74.5. The summed E-state index contributed by atoms with van der Waals surface area (Å²) in [5.41, 5.74) is 8.96. The van der Waals surface area contributed by atoms with Crippen LogP contribution < -0.4 is 9.30 Å². The first kappa shape index (κ1) is 35.1. The molecule has 6 heterocycles. The largest absolute Gasteiger partial charge is 0.458 e. The molecule has 8 nitrogen and oxygen atoms in total. The van der Waals surface area contributed by atoms with Crippen molar-refractivity contribution in [2.75, 3.05) is 0 Å². The third-order valence-electron chi connectivity index (χ3n) is 14.4. The van der Waals surface area contributed by atoms with Crippen molar-refractivity contribution in [1.29, 1.82) is 0 Å². The van der Waals surface area contributed by atoms with Gasteiger partial charge in [-0.2, -0.15) is 0 Å². The highest BCUT2D eigenvalue weighted by Gasteiger charge is 2.22. The van der Waals surface area contributed by atoms with Gasteiger partial charge in [-0.1, -0.05) is 140 Å². The number of rotatable bonds is 8. The number of aromatic nitrogens is 7. The average Bonchev–Trinajstić information content (AvgIpc) is 3.88. The van der Waals surface area contributed by atoms with Crippen LogP contribution in [-0.4, -0.2) is 28.2 Å². The molecule has 15 rings (SSSR count). The molecule has 0 aliphatic heterocycles. The van der Waals surface area contributed by atoms with Crippen molar-refractivity contribution >= 4 is 76.5 Å². The van der Waals surface area contributed by atoms with Crippen LogP contribution in [0.1, 0.15) is 22.1 Å². The van der Waals surface area contributed by atoms with E-state index in [0.717, 1.165) is 99.6 Å². The molecular formula is C67H45N7O. The Morgan fingerprint density at radius 1 is 0.440 bits per heavy atom. The van der Waals surface area contributed by atoms with Gasteiger partial charge in [-0.3, -0.25) is 22.8 Å². The summed E-state index contributed by atoms with van der Waals surface area (Å²) in [6.45, 7) is -6.05. The van der Waals surface area contributed by atoms with E-state index in [1.54, 1.807) is 10.6 Å². The summed E-state index contributed by atoms with van der Waals surface area (Å²) in [4.78, 5) is 9.96. The molecule has 9 aromatic carbocycles. The zero-order valence-electron chi connectivity index (χ0n) is 47.9. The minimum Gasteiger partial charge on any atom is -0.458 e. The van der Waals surface area contributed by atoms with Gasteiger partial charge in [-0.05, 0) is 121 Å². The zero-order chi connectivity index (χ0) is 56.5. The van der Waals surface area contributed by atoms with E-state index in [-0.39, 0.29) is 5.82 Å². The van der Waals surface area contributed by atoms with Crippen LogP contribution in [0.5, 0.6) is 11.5 Å². The van der Waals surface area contributed by atoms with Crippen LogP contribution in [0, 0.1) is 20.0 Å². The maximum absolute atomic E-state index is 9.36. The molecule has 0 aliphatic carbocycles. The van der Waals surface area contributed by atoms with Crippen LogP contribution in [-0.2, 0) is 0 Å².